The predicted molar refractivity (Wildman–Crippen MR) is 98.7 cm³/mol. The third kappa shape index (κ3) is 4.42. The standard InChI is InChI=1S/C18H18N4O3S/c19-26(24,25)15-8-6-13(7-9-15)16-10-18(22-12-21-16)20-11-17(23)14-4-2-1-3-5-14/h1-10,12,17,23H,11H2,(H2,19,24,25)(H,20,21,22)/t17-/m0/s1. The molecule has 3 rings (SSSR count). The second kappa shape index (κ2) is 7.61. The van der Waals surface area contributed by atoms with Gasteiger partial charge in [-0.2, -0.15) is 0 Å². The Hall–Kier alpha value is -2.81. The third-order valence-electron chi connectivity index (χ3n) is 3.81. The highest BCUT2D eigenvalue weighted by Gasteiger charge is 2.10. The molecule has 134 valence electrons. The minimum Gasteiger partial charge on any atom is -0.387 e. The van der Waals surface area contributed by atoms with Gasteiger partial charge in [-0.1, -0.05) is 42.5 Å². The van der Waals surface area contributed by atoms with Crippen LogP contribution in [0.1, 0.15) is 11.7 Å². The zero-order chi connectivity index (χ0) is 18.6. The topological polar surface area (TPSA) is 118 Å². The highest BCUT2D eigenvalue weighted by Crippen LogP contribution is 2.21. The molecule has 4 N–H and O–H groups in total. The number of nitrogens with one attached hydrogen (secondary N) is 1. The van der Waals surface area contributed by atoms with Crippen molar-refractivity contribution in [1.82, 2.24) is 9.97 Å². The summed E-state index contributed by atoms with van der Waals surface area (Å²) in [4.78, 5) is 8.37. The van der Waals surface area contributed by atoms with Gasteiger partial charge in [-0.15, -0.1) is 0 Å². The molecule has 0 aliphatic heterocycles. The Morgan fingerprint density at radius 2 is 1.73 bits per heavy atom. The Morgan fingerprint density at radius 3 is 2.38 bits per heavy atom. The van der Waals surface area contributed by atoms with Crippen LogP contribution >= 0.6 is 0 Å². The Balaban J connectivity index is 1.72. The molecule has 7 nitrogen and oxygen atoms in total. The van der Waals surface area contributed by atoms with E-state index in [0.717, 1.165) is 11.1 Å². The molecule has 1 heterocycles. The average molecular weight is 370 g/mol. The predicted octanol–water partition coefficient (Wildman–Crippen LogP) is 1.94. The number of benzene rings is 2. The normalized spacial score (nSPS) is 12.5. The molecule has 1 atom stereocenters. The molecule has 0 fully saturated rings. The van der Waals surface area contributed by atoms with E-state index in [1.54, 1.807) is 18.2 Å². The Labute approximate surface area is 151 Å². The van der Waals surface area contributed by atoms with E-state index in [-0.39, 0.29) is 4.90 Å². The van der Waals surface area contributed by atoms with Crippen LogP contribution in [0.4, 0.5) is 5.82 Å². The fraction of sp³-hybridized carbons (Fsp3) is 0.111. The molecule has 0 spiro atoms. The fourth-order valence-corrected chi connectivity index (χ4v) is 2.94. The molecular weight excluding hydrogens is 352 g/mol. The van der Waals surface area contributed by atoms with Crippen molar-refractivity contribution in [2.24, 2.45) is 5.14 Å². The number of anilines is 1. The molecule has 3 aromatic rings. The maximum Gasteiger partial charge on any atom is 0.238 e. The van der Waals surface area contributed by atoms with Crippen molar-refractivity contribution < 1.29 is 13.5 Å². The molecule has 0 saturated carbocycles. The van der Waals surface area contributed by atoms with E-state index >= 15 is 0 Å². The van der Waals surface area contributed by atoms with Gasteiger partial charge in [0.05, 0.1) is 16.7 Å². The summed E-state index contributed by atoms with van der Waals surface area (Å²) in [7, 11) is -3.73. The van der Waals surface area contributed by atoms with E-state index < -0.39 is 16.1 Å². The Bertz CT molecular complexity index is 977. The third-order valence-corrected chi connectivity index (χ3v) is 4.74. The molecular formula is C18H18N4O3S. The van der Waals surface area contributed by atoms with Crippen LogP contribution < -0.4 is 10.5 Å². The molecule has 8 heteroatoms. The van der Waals surface area contributed by atoms with E-state index in [0.29, 0.717) is 18.1 Å². The molecule has 1 aromatic heterocycles. The van der Waals surface area contributed by atoms with Crippen molar-refractivity contribution in [3.63, 3.8) is 0 Å². The van der Waals surface area contributed by atoms with Gasteiger partial charge < -0.3 is 10.4 Å². The summed E-state index contributed by atoms with van der Waals surface area (Å²) >= 11 is 0. The highest BCUT2D eigenvalue weighted by molar-refractivity contribution is 7.89. The van der Waals surface area contributed by atoms with Gasteiger partial charge in [0.1, 0.15) is 12.1 Å². The number of hydrogen-bond donors (Lipinski definition) is 3. The molecule has 0 aliphatic rings. The lowest BCUT2D eigenvalue weighted by Crippen LogP contribution is -2.13. The van der Waals surface area contributed by atoms with Gasteiger partial charge in [-0.3, -0.25) is 0 Å². The number of nitrogens with zero attached hydrogens (tertiary/aromatic N) is 2. The van der Waals surface area contributed by atoms with Gasteiger partial charge >= 0.3 is 0 Å². The van der Waals surface area contributed by atoms with Crippen molar-refractivity contribution in [2.75, 3.05) is 11.9 Å². The van der Waals surface area contributed by atoms with Gasteiger partial charge in [-0.05, 0) is 17.7 Å². The second-order valence-corrected chi connectivity index (χ2v) is 7.23. The molecule has 26 heavy (non-hydrogen) atoms. The maximum atomic E-state index is 11.3. The van der Waals surface area contributed by atoms with E-state index in [1.807, 2.05) is 30.3 Å². The molecule has 0 radical (unpaired) electrons. The van der Waals surface area contributed by atoms with Crippen LogP contribution in [0, 0.1) is 0 Å². The SMILES string of the molecule is NS(=O)(=O)c1ccc(-c2cc(NC[C@H](O)c3ccccc3)ncn2)cc1. The lowest BCUT2D eigenvalue weighted by Gasteiger charge is -2.13. The summed E-state index contributed by atoms with van der Waals surface area (Å²) in [5, 5.41) is 18.4. The number of aromatic nitrogens is 2. The zero-order valence-electron chi connectivity index (χ0n) is 13.8. The van der Waals surface area contributed by atoms with Crippen molar-refractivity contribution in [3.8, 4) is 11.3 Å². The lowest BCUT2D eigenvalue weighted by atomic mass is 10.1. The maximum absolute atomic E-state index is 11.3. The Morgan fingerprint density at radius 1 is 1.04 bits per heavy atom. The number of hydrogen-bond acceptors (Lipinski definition) is 6. The van der Waals surface area contributed by atoms with Gasteiger partial charge in [-0.25, -0.2) is 23.5 Å². The van der Waals surface area contributed by atoms with E-state index in [9.17, 15) is 13.5 Å². The molecule has 0 unspecified atom stereocenters. The number of rotatable bonds is 6. The van der Waals surface area contributed by atoms with Gasteiger partial charge in [0.2, 0.25) is 10.0 Å². The highest BCUT2D eigenvalue weighted by atomic mass is 32.2. The van der Waals surface area contributed by atoms with Crippen molar-refractivity contribution in [3.05, 3.63) is 72.6 Å². The fourth-order valence-electron chi connectivity index (χ4n) is 2.42. The largest absolute Gasteiger partial charge is 0.387 e. The first kappa shape index (κ1) is 18.0. The van der Waals surface area contributed by atoms with Crippen molar-refractivity contribution >= 4 is 15.8 Å². The first-order valence-corrected chi connectivity index (χ1v) is 9.40. The summed E-state index contributed by atoms with van der Waals surface area (Å²) in [5.41, 5.74) is 2.16. The van der Waals surface area contributed by atoms with Crippen LogP contribution in [0.15, 0.2) is 71.9 Å². The summed E-state index contributed by atoms with van der Waals surface area (Å²) in [6.45, 7) is 0.296. The van der Waals surface area contributed by atoms with Crippen LogP contribution in [-0.4, -0.2) is 30.0 Å². The van der Waals surface area contributed by atoms with E-state index in [2.05, 4.69) is 15.3 Å². The molecule has 0 bridgehead atoms. The summed E-state index contributed by atoms with van der Waals surface area (Å²) in [6, 6.07) is 17.2. The van der Waals surface area contributed by atoms with Crippen LogP contribution in [0.3, 0.4) is 0 Å². The number of primary sulfonamides is 1. The zero-order valence-corrected chi connectivity index (χ0v) is 14.6. The first-order valence-electron chi connectivity index (χ1n) is 7.85. The van der Waals surface area contributed by atoms with Gasteiger partial charge in [0, 0.05) is 18.2 Å². The van der Waals surface area contributed by atoms with Crippen LogP contribution in [-0.2, 0) is 10.0 Å². The monoisotopic (exact) mass is 370 g/mol. The molecule has 0 aliphatic carbocycles. The van der Waals surface area contributed by atoms with Crippen molar-refractivity contribution in [2.45, 2.75) is 11.0 Å². The summed E-state index contributed by atoms with van der Waals surface area (Å²) in [6.07, 6.45) is 0.740. The lowest BCUT2D eigenvalue weighted by molar-refractivity contribution is 0.191. The van der Waals surface area contributed by atoms with E-state index in [4.69, 9.17) is 5.14 Å². The molecule has 0 saturated heterocycles. The molecule has 0 amide bonds. The average Bonchev–Trinajstić information content (AvgIpc) is 2.66. The quantitative estimate of drug-likeness (QED) is 0.610. The first-order chi connectivity index (χ1) is 12.4. The molecule has 2 aromatic carbocycles. The number of sulfonamides is 1. The summed E-state index contributed by atoms with van der Waals surface area (Å²) in [5.74, 6) is 0.556. The number of aliphatic hydroxyl groups excluding tert-OH is 1. The Kier molecular flexibility index (Phi) is 5.27. The van der Waals surface area contributed by atoms with Gasteiger partial charge in [0.25, 0.3) is 0 Å². The number of nitrogens with two attached hydrogens (primary N) is 1. The second-order valence-electron chi connectivity index (χ2n) is 5.67. The minimum absolute atomic E-state index is 0.0413. The van der Waals surface area contributed by atoms with Crippen molar-refractivity contribution in [1.29, 1.82) is 0 Å². The van der Waals surface area contributed by atoms with Gasteiger partial charge in [0.15, 0.2) is 0 Å². The van der Waals surface area contributed by atoms with E-state index in [1.165, 1.54) is 18.5 Å². The summed E-state index contributed by atoms with van der Waals surface area (Å²) < 4.78 is 22.6. The number of aliphatic hydroxyl groups is 1. The van der Waals surface area contributed by atoms with Crippen LogP contribution in [0.25, 0.3) is 11.3 Å². The smallest absolute Gasteiger partial charge is 0.238 e. The van der Waals surface area contributed by atoms with Crippen LogP contribution in [0.2, 0.25) is 0 Å². The van der Waals surface area contributed by atoms with Crippen LogP contribution in [0.5, 0.6) is 0 Å². The minimum atomic E-state index is -3.73.